The van der Waals surface area contributed by atoms with Gasteiger partial charge >= 0.3 is 0 Å². The van der Waals surface area contributed by atoms with Crippen LogP contribution in [0.3, 0.4) is 0 Å². The molecule has 0 aliphatic heterocycles. The van der Waals surface area contributed by atoms with Crippen molar-refractivity contribution in [2.45, 2.75) is 6.10 Å². The molecule has 1 rings (SSSR count). The van der Waals surface area contributed by atoms with Crippen LogP contribution >= 0.6 is 0 Å². The smallest absolute Gasteiger partial charge is 0.146 e. The average Bonchev–Trinajstić information content (AvgIpc) is 2.19. The minimum Gasteiger partial charge on any atom is -0.389 e. The number of aliphatic hydroxyl groups excluding tert-OH is 1. The second-order valence-corrected chi connectivity index (χ2v) is 3.05. The molecule has 0 amide bonds. The number of ether oxygens (including phenoxy) is 1. The number of hydrogen-bond donors (Lipinski definition) is 1. The Hall–Kier alpha value is -1.20. The highest BCUT2D eigenvalue weighted by Gasteiger charge is 2.08. The van der Waals surface area contributed by atoms with E-state index < -0.39 is 6.10 Å². The van der Waals surface area contributed by atoms with Gasteiger partial charge in [0.05, 0.1) is 18.9 Å². The molecule has 0 fully saturated rings. The summed E-state index contributed by atoms with van der Waals surface area (Å²) in [6, 6.07) is 0. The molecule has 0 spiro atoms. The maximum absolute atomic E-state index is 9.47. The molecule has 0 saturated heterocycles. The number of aliphatic hydroxyl groups is 1. The third-order valence-corrected chi connectivity index (χ3v) is 1.78. The number of rotatable bonds is 5. The number of anilines is 1. The van der Waals surface area contributed by atoms with Crippen LogP contribution in [0.25, 0.3) is 0 Å². The maximum Gasteiger partial charge on any atom is 0.146 e. The number of likely N-dealkylation sites (N-methyl/N-ethyl adjacent to an activating group) is 1. The van der Waals surface area contributed by atoms with Crippen LogP contribution in [0.2, 0.25) is 0 Å². The van der Waals surface area contributed by atoms with Gasteiger partial charge in [0.25, 0.3) is 0 Å². The molecular formula is C9H15N3O2. The van der Waals surface area contributed by atoms with Gasteiger partial charge in [0, 0.05) is 33.1 Å². The standard InChI is InChI=1S/C9H15N3O2/c1-12(6-8(13)7-14-2)9-5-10-3-4-11-9/h3-5,8,13H,6-7H2,1-2H3. The van der Waals surface area contributed by atoms with E-state index in [1.807, 2.05) is 11.9 Å². The van der Waals surface area contributed by atoms with Crippen LogP contribution in [-0.4, -0.2) is 48.5 Å². The van der Waals surface area contributed by atoms with Crippen LogP contribution in [0.1, 0.15) is 0 Å². The monoisotopic (exact) mass is 197 g/mol. The molecule has 1 atom stereocenters. The first-order valence-corrected chi connectivity index (χ1v) is 4.38. The lowest BCUT2D eigenvalue weighted by Gasteiger charge is -2.20. The molecule has 5 nitrogen and oxygen atoms in total. The summed E-state index contributed by atoms with van der Waals surface area (Å²) >= 11 is 0. The predicted octanol–water partition coefficient (Wildman–Crippen LogP) is -0.0799. The van der Waals surface area contributed by atoms with Crippen molar-refractivity contribution in [3.63, 3.8) is 0 Å². The first kappa shape index (κ1) is 10.9. The minimum atomic E-state index is -0.507. The summed E-state index contributed by atoms with van der Waals surface area (Å²) < 4.78 is 4.83. The zero-order valence-corrected chi connectivity index (χ0v) is 8.42. The Morgan fingerprint density at radius 2 is 2.36 bits per heavy atom. The lowest BCUT2D eigenvalue weighted by atomic mass is 10.3. The normalized spacial score (nSPS) is 12.5. The lowest BCUT2D eigenvalue weighted by Crippen LogP contribution is -2.32. The van der Waals surface area contributed by atoms with Crippen molar-refractivity contribution in [3.8, 4) is 0 Å². The molecule has 1 aromatic rings. The SMILES string of the molecule is COCC(O)CN(C)c1cnccn1. The van der Waals surface area contributed by atoms with Gasteiger partial charge in [-0.1, -0.05) is 0 Å². The molecule has 78 valence electrons. The van der Waals surface area contributed by atoms with E-state index in [-0.39, 0.29) is 0 Å². The molecule has 1 unspecified atom stereocenters. The molecule has 0 aliphatic rings. The predicted molar refractivity (Wildman–Crippen MR) is 53.2 cm³/mol. The fourth-order valence-electron chi connectivity index (χ4n) is 1.14. The first-order valence-electron chi connectivity index (χ1n) is 4.38. The van der Waals surface area contributed by atoms with Gasteiger partial charge in [0.2, 0.25) is 0 Å². The van der Waals surface area contributed by atoms with Crippen molar-refractivity contribution in [1.82, 2.24) is 9.97 Å². The molecule has 1 aromatic heterocycles. The molecule has 0 aliphatic carbocycles. The van der Waals surface area contributed by atoms with Crippen LogP contribution in [-0.2, 0) is 4.74 Å². The lowest BCUT2D eigenvalue weighted by molar-refractivity contribution is 0.0694. The zero-order chi connectivity index (χ0) is 10.4. The molecular weight excluding hydrogens is 182 g/mol. The van der Waals surface area contributed by atoms with Gasteiger partial charge in [0.15, 0.2) is 0 Å². The van der Waals surface area contributed by atoms with Crippen molar-refractivity contribution < 1.29 is 9.84 Å². The van der Waals surface area contributed by atoms with E-state index in [4.69, 9.17) is 4.74 Å². The van der Waals surface area contributed by atoms with Crippen molar-refractivity contribution in [1.29, 1.82) is 0 Å². The van der Waals surface area contributed by atoms with Crippen molar-refractivity contribution in [2.75, 3.05) is 32.2 Å². The van der Waals surface area contributed by atoms with Gasteiger partial charge in [-0.2, -0.15) is 0 Å². The molecule has 1 heterocycles. The van der Waals surface area contributed by atoms with Crippen LogP contribution in [0, 0.1) is 0 Å². The summed E-state index contributed by atoms with van der Waals surface area (Å²) in [5, 5.41) is 9.47. The van der Waals surface area contributed by atoms with E-state index >= 15 is 0 Å². The zero-order valence-electron chi connectivity index (χ0n) is 8.42. The van der Waals surface area contributed by atoms with Crippen molar-refractivity contribution in [2.24, 2.45) is 0 Å². The van der Waals surface area contributed by atoms with E-state index in [0.717, 1.165) is 5.82 Å². The van der Waals surface area contributed by atoms with Crippen LogP contribution in [0.4, 0.5) is 5.82 Å². The van der Waals surface area contributed by atoms with E-state index in [0.29, 0.717) is 13.2 Å². The van der Waals surface area contributed by atoms with Gasteiger partial charge in [-0.3, -0.25) is 4.98 Å². The fourth-order valence-corrected chi connectivity index (χ4v) is 1.14. The van der Waals surface area contributed by atoms with Crippen molar-refractivity contribution in [3.05, 3.63) is 18.6 Å². The average molecular weight is 197 g/mol. The number of hydrogen-bond acceptors (Lipinski definition) is 5. The Kier molecular flexibility index (Phi) is 4.28. The Morgan fingerprint density at radius 3 is 2.93 bits per heavy atom. The Bertz CT molecular complexity index is 255. The van der Waals surface area contributed by atoms with E-state index in [9.17, 15) is 5.11 Å². The molecule has 14 heavy (non-hydrogen) atoms. The Labute approximate surface area is 83.4 Å². The summed E-state index contributed by atoms with van der Waals surface area (Å²) in [4.78, 5) is 9.88. The second-order valence-electron chi connectivity index (χ2n) is 3.05. The molecule has 0 bridgehead atoms. The molecule has 0 aromatic carbocycles. The van der Waals surface area contributed by atoms with E-state index in [2.05, 4.69) is 9.97 Å². The largest absolute Gasteiger partial charge is 0.389 e. The van der Waals surface area contributed by atoms with E-state index in [1.165, 1.54) is 0 Å². The topological polar surface area (TPSA) is 58.5 Å². The number of methoxy groups -OCH3 is 1. The van der Waals surface area contributed by atoms with Gasteiger partial charge in [-0.05, 0) is 0 Å². The van der Waals surface area contributed by atoms with Crippen LogP contribution in [0.15, 0.2) is 18.6 Å². The number of aromatic nitrogens is 2. The van der Waals surface area contributed by atoms with Crippen LogP contribution < -0.4 is 4.90 Å². The van der Waals surface area contributed by atoms with Crippen LogP contribution in [0.5, 0.6) is 0 Å². The summed E-state index contributed by atoms with van der Waals surface area (Å²) in [5.41, 5.74) is 0. The fraction of sp³-hybridized carbons (Fsp3) is 0.556. The number of nitrogens with zero attached hydrogens (tertiary/aromatic N) is 3. The molecule has 5 heteroatoms. The van der Waals surface area contributed by atoms with Gasteiger partial charge < -0.3 is 14.7 Å². The van der Waals surface area contributed by atoms with E-state index in [1.54, 1.807) is 25.7 Å². The third-order valence-electron chi connectivity index (χ3n) is 1.78. The molecule has 0 saturated carbocycles. The van der Waals surface area contributed by atoms with Gasteiger partial charge in [-0.15, -0.1) is 0 Å². The molecule has 1 N–H and O–H groups in total. The summed E-state index contributed by atoms with van der Waals surface area (Å²) in [6.07, 6.45) is 4.38. The van der Waals surface area contributed by atoms with Gasteiger partial charge in [-0.25, -0.2) is 4.98 Å². The Morgan fingerprint density at radius 1 is 1.57 bits per heavy atom. The summed E-state index contributed by atoms with van der Waals surface area (Å²) in [5.74, 6) is 0.739. The second kappa shape index (κ2) is 5.51. The Balaban J connectivity index is 2.46. The maximum atomic E-state index is 9.47. The highest BCUT2D eigenvalue weighted by atomic mass is 16.5. The summed E-state index contributed by atoms with van der Waals surface area (Å²) in [7, 11) is 3.41. The third kappa shape index (κ3) is 3.27. The van der Waals surface area contributed by atoms with Gasteiger partial charge in [0.1, 0.15) is 5.82 Å². The quantitative estimate of drug-likeness (QED) is 0.715. The highest BCUT2D eigenvalue weighted by molar-refractivity contribution is 5.33. The summed E-state index contributed by atoms with van der Waals surface area (Å²) in [6.45, 7) is 0.803. The highest BCUT2D eigenvalue weighted by Crippen LogP contribution is 2.05. The first-order chi connectivity index (χ1) is 6.74. The molecule has 0 radical (unpaired) electrons. The minimum absolute atomic E-state index is 0.324. The van der Waals surface area contributed by atoms with Crippen molar-refractivity contribution >= 4 is 5.82 Å².